The molecule has 5 rings (SSSR count). The number of para-hydroxylation sites is 1. The molecule has 2 heterocycles. The van der Waals surface area contributed by atoms with E-state index in [0.717, 1.165) is 17.3 Å². The van der Waals surface area contributed by atoms with E-state index in [1.165, 1.54) is 23.1 Å². The number of nitrogens with two attached hydrogens (primary N) is 1. The summed E-state index contributed by atoms with van der Waals surface area (Å²) in [6, 6.07) is 19.0. The number of nitrogens with one attached hydrogen (secondary N) is 1. The molecule has 3 aromatic carbocycles. The Labute approximate surface area is 246 Å². The van der Waals surface area contributed by atoms with Gasteiger partial charge in [-0.15, -0.1) is 0 Å². The first-order chi connectivity index (χ1) is 20.7. The third-order valence-electron chi connectivity index (χ3n) is 7.32. The molecule has 8 nitrogen and oxygen atoms in total. The van der Waals surface area contributed by atoms with Gasteiger partial charge >= 0.3 is 6.03 Å². The van der Waals surface area contributed by atoms with Crippen LogP contribution in [0.15, 0.2) is 78.9 Å². The summed E-state index contributed by atoms with van der Waals surface area (Å²) in [6.07, 6.45) is 1.09. The van der Waals surface area contributed by atoms with E-state index in [1.807, 2.05) is 49.4 Å². The molecule has 3 N–H and O–H groups in total. The van der Waals surface area contributed by atoms with Crippen LogP contribution in [-0.2, 0) is 6.54 Å². The van der Waals surface area contributed by atoms with Gasteiger partial charge in [-0.2, -0.15) is 0 Å². The number of pyridine rings is 1. The number of hydrogen-bond acceptors (Lipinski definition) is 5. The Morgan fingerprint density at radius 1 is 0.977 bits per heavy atom. The van der Waals surface area contributed by atoms with Crippen molar-refractivity contribution in [3.05, 3.63) is 113 Å². The maximum atomic E-state index is 14.5. The van der Waals surface area contributed by atoms with Gasteiger partial charge in [-0.1, -0.05) is 30.3 Å². The summed E-state index contributed by atoms with van der Waals surface area (Å²) in [6.45, 7) is 3.82. The minimum absolute atomic E-state index is 0.280. The molecule has 1 aliphatic heterocycles. The van der Waals surface area contributed by atoms with Crippen LogP contribution in [0, 0.1) is 24.4 Å². The molecule has 0 atom stereocenters. The van der Waals surface area contributed by atoms with E-state index < -0.39 is 40.6 Å². The number of aryl methyl sites for hydroxylation is 1. The van der Waals surface area contributed by atoms with E-state index in [9.17, 15) is 22.8 Å². The lowest BCUT2D eigenvalue weighted by Crippen LogP contribution is -2.49. The molecule has 11 heteroatoms. The third-order valence-corrected chi connectivity index (χ3v) is 7.32. The lowest BCUT2D eigenvalue weighted by atomic mass is 10.0. The number of rotatable bonds is 8. The van der Waals surface area contributed by atoms with Crippen LogP contribution in [0.25, 0.3) is 0 Å². The standard InChI is InChI=1S/C32H30F3N5O3/c1-20-21(10-11-30(37-20)43-25-8-3-2-4-9-25)19-39-14-12-23(13-15-39)40(24-7-5-6-22(33)16-24)32(42)38-29-17-26(31(36)41)27(34)18-28(29)35/h2-11,16-18,23H,12-15,19H2,1H3,(H2,36,41)(H,38,42). The molecule has 0 radical (unpaired) electrons. The molecule has 0 bridgehead atoms. The van der Waals surface area contributed by atoms with Crippen LogP contribution in [0.1, 0.15) is 34.5 Å². The van der Waals surface area contributed by atoms with Crippen molar-refractivity contribution in [2.24, 2.45) is 5.73 Å². The van der Waals surface area contributed by atoms with Crippen LogP contribution in [0.4, 0.5) is 29.3 Å². The second kappa shape index (κ2) is 13.0. The number of likely N-dealkylation sites (tertiary alicyclic amines) is 1. The Balaban J connectivity index is 1.28. The number of piperidine rings is 1. The van der Waals surface area contributed by atoms with Gasteiger partial charge < -0.3 is 15.8 Å². The zero-order valence-electron chi connectivity index (χ0n) is 23.4. The molecule has 0 saturated carbocycles. The number of aromatic nitrogens is 1. The van der Waals surface area contributed by atoms with Crippen LogP contribution < -0.4 is 20.7 Å². The first kappa shape index (κ1) is 29.6. The monoisotopic (exact) mass is 589 g/mol. The number of benzene rings is 3. The molecule has 43 heavy (non-hydrogen) atoms. The molecule has 1 saturated heterocycles. The number of halogens is 3. The van der Waals surface area contributed by atoms with E-state index in [-0.39, 0.29) is 11.7 Å². The average molecular weight is 590 g/mol. The van der Waals surface area contributed by atoms with Gasteiger partial charge in [0.2, 0.25) is 5.88 Å². The highest BCUT2D eigenvalue weighted by atomic mass is 19.1. The summed E-state index contributed by atoms with van der Waals surface area (Å²) in [5, 5.41) is 2.41. The molecule has 1 aromatic heterocycles. The van der Waals surface area contributed by atoms with Crippen molar-refractivity contribution in [3.63, 3.8) is 0 Å². The number of amides is 3. The molecule has 4 aromatic rings. The van der Waals surface area contributed by atoms with Crippen LogP contribution in [0.5, 0.6) is 11.6 Å². The Morgan fingerprint density at radius 2 is 1.72 bits per heavy atom. The molecule has 1 fully saturated rings. The maximum Gasteiger partial charge on any atom is 0.326 e. The summed E-state index contributed by atoms with van der Waals surface area (Å²) < 4.78 is 48.6. The fraction of sp³-hybridized carbons (Fsp3) is 0.219. The number of anilines is 2. The Morgan fingerprint density at radius 3 is 2.40 bits per heavy atom. The summed E-state index contributed by atoms with van der Waals surface area (Å²) in [4.78, 5) is 33.3. The molecule has 0 unspecified atom stereocenters. The number of carbonyl (C=O) groups is 2. The maximum absolute atomic E-state index is 14.5. The van der Waals surface area contributed by atoms with E-state index in [2.05, 4.69) is 15.2 Å². The lowest BCUT2D eigenvalue weighted by Gasteiger charge is -2.38. The van der Waals surface area contributed by atoms with Gasteiger partial charge in [0.25, 0.3) is 5.91 Å². The van der Waals surface area contributed by atoms with Gasteiger partial charge in [0.15, 0.2) is 0 Å². The van der Waals surface area contributed by atoms with Crippen molar-refractivity contribution in [2.75, 3.05) is 23.3 Å². The number of primary amides is 1. The lowest BCUT2D eigenvalue weighted by molar-refractivity contribution is 0.0996. The number of carbonyl (C=O) groups excluding carboxylic acids is 2. The van der Waals surface area contributed by atoms with E-state index in [4.69, 9.17) is 10.5 Å². The van der Waals surface area contributed by atoms with Crippen LogP contribution in [-0.4, -0.2) is 41.0 Å². The smallest absolute Gasteiger partial charge is 0.326 e. The molecular formula is C32H30F3N5O3. The first-order valence-electron chi connectivity index (χ1n) is 13.7. The van der Waals surface area contributed by atoms with Crippen LogP contribution in [0.3, 0.4) is 0 Å². The van der Waals surface area contributed by atoms with Gasteiger partial charge in [-0.25, -0.2) is 22.9 Å². The van der Waals surface area contributed by atoms with Gasteiger partial charge in [0, 0.05) is 49.2 Å². The predicted octanol–water partition coefficient (Wildman–Crippen LogP) is 6.40. The fourth-order valence-electron chi connectivity index (χ4n) is 5.11. The van der Waals surface area contributed by atoms with Crippen molar-refractivity contribution < 1.29 is 27.5 Å². The first-order valence-corrected chi connectivity index (χ1v) is 13.7. The van der Waals surface area contributed by atoms with Gasteiger partial charge in [-0.05, 0) is 61.7 Å². The van der Waals surface area contributed by atoms with Crippen molar-refractivity contribution >= 4 is 23.3 Å². The second-order valence-corrected chi connectivity index (χ2v) is 10.3. The predicted molar refractivity (Wildman–Crippen MR) is 157 cm³/mol. The Bertz CT molecular complexity index is 1630. The summed E-state index contributed by atoms with van der Waals surface area (Å²) in [7, 11) is 0. The summed E-state index contributed by atoms with van der Waals surface area (Å²) >= 11 is 0. The average Bonchev–Trinajstić information content (AvgIpc) is 2.97. The minimum atomic E-state index is -1.14. The van der Waals surface area contributed by atoms with Gasteiger partial charge in [-0.3, -0.25) is 14.6 Å². The van der Waals surface area contributed by atoms with E-state index in [0.29, 0.717) is 50.2 Å². The largest absolute Gasteiger partial charge is 0.439 e. The van der Waals surface area contributed by atoms with Crippen molar-refractivity contribution in [2.45, 2.75) is 32.4 Å². The number of nitrogens with zero attached hydrogens (tertiary/aromatic N) is 3. The molecule has 222 valence electrons. The van der Waals surface area contributed by atoms with Crippen molar-refractivity contribution in [1.29, 1.82) is 0 Å². The SMILES string of the molecule is Cc1nc(Oc2ccccc2)ccc1CN1CCC(N(C(=O)Nc2cc(C(N)=O)c(F)cc2F)c2cccc(F)c2)CC1. The number of hydrogen-bond donors (Lipinski definition) is 2. The number of ether oxygens (including phenoxy) is 1. The third kappa shape index (κ3) is 7.12. The Hall–Kier alpha value is -4.90. The van der Waals surface area contributed by atoms with Gasteiger partial charge in [0.1, 0.15) is 23.2 Å². The van der Waals surface area contributed by atoms with E-state index >= 15 is 0 Å². The zero-order valence-corrected chi connectivity index (χ0v) is 23.4. The minimum Gasteiger partial charge on any atom is -0.439 e. The summed E-state index contributed by atoms with van der Waals surface area (Å²) in [5.74, 6) is -2.66. The quantitative estimate of drug-likeness (QED) is 0.248. The summed E-state index contributed by atoms with van der Waals surface area (Å²) in [5.41, 5.74) is 6.36. The normalized spacial score (nSPS) is 13.9. The molecule has 1 aliphatic rings. The topological polar surface area (TPSA) is 101 Å². The molecule has 3 amide bonds. The highest BCUT2D eigenvalue weighted by Gasteiger charge is 2.30. The number of urea groups is 1. The highest BCUT2D eigenvalue weighted by molar-refractivity contribution is 6.03. The van der Waals surface area contributed by atoms with Crippen molar-refractivity contribution in [3.8, 4) is 11.6 Å². The molecule has 0 spiro atoms. The van der Waals surface area contributed by atoms with Crippen LogP contribution in [0.2, 0.25) is 0 Å². The highest BCUT2D eigenvalue weighted by Crippen LogP contribution is 2.28. The van der Waals surface area contributed by atoms with Gasteiger partial charge in [0.05, 0.1) is 11.3 Å². The second-order valence-electron chi connectivity index (χ2n) is 10.3. The van der Waals surface area contributed by atoms with E-state index in [1.54, 1.807) is 6.07 Å². The zero-order chi connectivity index (χ0) is 30.5. The molecule has 0 aliphatic carbocycles. The molecular weight excluding hydrogens is 559 g/mol. The fourth-order valence-corrected chi connectivity index (χ4v) is 5.11. The Kier molecular flexibility index (Phi) is 8.91. The van der Waals surface area contributed by atoms with Crippen molar-refractivity contribution in [1.82, 2.24) is 9.88 Å². The van der Waals surface area contributed by atoms with Crippen LogP contribution >= 0.6 is 0 Å².